The average Bonchev–Trinajstić information content (AvgIpc) is 3.31. The van der Waals surface area contributed by atoms with Gasteiger partial charge in [0.05, 0.1) is 17.3 Å². The fourth-order valence-electron chi connectivity index (χ4n) is 2.83. The lowest BCUT2D eigenvalue weighted by Crippen LogP contribution is -1.88. The summed E-state index contributed by atoms with van der Waals surface area (Å²) in [5.74, 6) is 15.5. The average molecular weight is 368 g/mol. The van der Waals surface area contributed by atoms with Crippen LogP contribution in [0.3, 0.4) is 0 Å². The maximum atomic E-state index is 5.60. The van der Waals surface area contributed by atoms with Gasteiger partial charge in [-0.05, 0) is 42.5 Å². The van der Waals surface area contributed by atoms with E-state index in [0.29, 0.717) is 0 Å². The standard InChI is InChI=1S/C27H16N2/c1-2-21-17-24(12-10-22-7-3-4-8-22)19-25(18-21)13-11-23-14-15-27(29-20-23)26-9-5-6-16-28-26/h1,3-9,14-20,22H. The Morgan fingerprint density at radius 3 is 2.14 bits per heavy atom. The van der Waals surface area contributed by atoms with Crippen molar-refractivity contribution in [2.45, 2.75) is 0 Å². The van der Waals surface area contributed by atoms with Crippen molar-refractivity contribution < 1.29 is 0 Å². The molecule has 0 unspecified atom stereocenters. The summed E-state index contributed by atoms with van der Waals surface area (Å²) >= 11 is 0. The summed E-state index contributed by atoms with van der Waals surface area (Å²) in [5.41, 5.74) is 4.94. The first-order valence-corrected chi connectivity index (χ1v) is 9.18. The summed E-state index contributed by atoms with van der Waals surface area (Å²) in [6.07, 6.45) is 17.2. The van der Waals surface area contributed by atoms with Crippen LogP contribution in [0.2, 0.25) is 0 Å². The van der Waals surface area contributed by atoms with E-state index in [1.54, 1.807) is 12.4 Å². The molecule has 2 aromatic heterocycles. The van der Waals surface area contributed by atoms with Crippen LogP contribution in [0.1, 0.15) is 22.3 Å². The molecular weight excluding hydrogens is 352 g/mol. The van der Waals surface area contributed by atoms with Crippen LogP contribution in [0.5, 0.6) is 0 Å². The van der Waals surface area contributed by atoms with Crippen LogP contribution in [0.4, 0.5) is 0 Å². The van der Waals surface area contributed by atoms with Crippen molar-refractivity contribution in [2.24, 2.45) is 5.92 Å². The summed E-state index contributed by atoms with van der Waals surface area (Å²) in [6, 6.07) is 15.4. The molecule has 0 saturated heterocycles. The van der Waals surface area contributed by atoms with E-state index >= 15 is 0 Å². The Labute approximate surface area is 171 Å². The molecule has 0 bridgehead atoms. The second-order valence-corrected chi connectivity index (χ2v) is 6.41. The zero-order chi connectivity index (χ0) is 19.9. The van der Waals surface area contributed by atoms with Gasteiger partial charge in [-0.15, -0.1) is 6.42 Å². The first-order valence-electron chi connectivity index (χ1n) is 9.18. The minimum absolute atomic E-state index is 0.155. The van der Waals surface area contributed by atoms with E-state index in [0.717, 1.165) is 33.6 Å². The normalized spacial score (nSPS) is 11.8. The van der Waals surface area contributed by atoms with Crippen molar-refractivity contribution in [2.75, 3.05) is 0 Å². The summed E-state index contributed by atoms with van der Waals surface area (Å²) in [5, 5.41) is 0. The second kappa shape index (κ2) is 8.58. The van der Waals surface area contributed by atoms with Gasteiger partial charge < -0.3 is 0 Å². The fraction of sp³-hybridized carbons (Fsp3) is 0.0370. The number of benzene rings is 1. The number of pyridine rings is 2. The quantitative estimate of drug-likeness (QED) is 0.586. The number of rotatable bonds is 1. The maximum absolute atomic E-state index is 5.60. The van der Waals surface area contributed by atoms with Crippen LogP contribution in [0.15, 0.2) is 85.2 Å². The molecule has 0 fully saturated rings. The third-order valence-electron chi connectivity index (χ3n) is 4.27. The Kier molecular flexibility index (Phi) is 5.34. The highest BCUT2D eigenvalue weighted by Gasteiger charge is 2.01. The number of aromatic nitrogens is 2. The molecule has 0 radical (unpaired) electrons. The molecule has 0 saturated carbocycles. The Balaban J connectivity index is 1.57. The summed E-state index contributed by atoms with van der Waals surface area (Å²) in [6.45, 7) is 0. The number of terminal acetylenes is 1. The molecule has 1 aromatic carbocycles. The van der Waals surface area contributed by atoms with Crippen molar-refractivity contribution in [3.8, 4) is 47.4 Å². The van der Waals surface area contributed by atoms with Gasteiger partial charge in [-0.2, -0.15) is 0 Å². The molecule has 1 aliphatic rings. The van der Waals surface area contributed by atoms with Crippen molar-refractivity contribution in [3.05, 3.63) is 107 Å². The van der Waals surface area contributed by atoms with Crippen LogP contribution >= 0.6 is 0 Å². The van der Waals surface area contributed by atoms with Crippen LogP contribution in [-0.4, -0.2) is 9.97 Å². The van der Waals surface area contributed by atoms with E-state index in [-0.39, 0.29) is 5.92 Å². The van der Waals surface area contributed by atoms with E-state index in [1.807, 2.05) is 60.7 Å². The minimum atomic E-state index is 0.155. The van der Waals surface area contributed by atoms with Crippen LogP contribution in [0.25, 0.3) is 11.4 Å². The number of hydrogen-bond acceptors (Lipinski definition) is 2. The molecule has 0 N–H and O–H groups in total. The molecule has 2 heterocycles. The Morgan fingerprint density at radius 2 is 1.45 bits per heavy atom. The zero-order valence-corrected chi connectivity index (χ0v) is 15.6. The predicted octanol–water partition coefficient (Wildman–Crippen LogP) is 4.62. The highest BCUT2D eigenvalue weighted by atomic mass is 14.8. The van der Waals surface area contributed by atoms with Gasteiger partial charge in [-0.3, -0.25) is 9.97 Å². The van der Waals surface area contributed by atoms with Crippen molar-refractivity contribution >= 4 is 0 Å². The molecule has 134 valence electrons. The molecule has 0 spiro atoms. The molecule has 2 nitrogen and oxygen atoms in total. The predicted molar refractivity (Wildman–Crippen MR) is 116 cm³/mol. The van der Waals surface area contributed by atoms with Gasteiger partial charge in [0.2, 0.25) is 0 Å². The van der Waals surface area contributed by atoms with Gasteiger partial charge in [0, 0.05) is 34.6 Å². The van der Waals surface area contributed by atoms with E-state index in [1.165, 1.54) is 0 Å². The first-order chi connectivity index (χ1) is 14.3. The van der Waals surface area contributed by atoms with Crippen LogP contribution in [-0.2, 0) is 0 Å². The van der Waals surface area contributed by atoms with E-state index in [2.05, 4.69) is 51.7 Å². The molecular formula is C27H16N2. The largest absolute Gasteiger partial charge is 0.255 e. The molecule has 0 aliphatic heterocycles. The molecule has 0 amide bonds. The summed E-state index contributed by atoms with van der Waals surface area (Å²) < 4.78 is 0. The van der Waals surface area contributed by atoms with Crippen LogP contribution in [0, 0.1) is 41.9 Å². The monoisotopic (exact) mass is 368 g/mol. The zero-order valence-electron chi connectivity index (χ0n) is 15.6. The second-order valence-electron chi connectivity index (χ2n) is 6.41. The van der Waals surface area contributed by atoms with Gasteiger partial charge >= 0.3 is 0 Å². The smallest absolute Gasteiger partial charge is 0.0887 e. The van der Waals surface area contributed by atoms with Gasteiger partial charge in [0.1, 0.15) is 0 Å². The Morgan fingerprint density at radius 1 is 0.724 bits per heavy atom. The van der Waals surface area contributed by atoms with Crippen molar-refractivity contribution in [1.29, 1.82) is 0 Å². The van der Waals surface area contributed by atoms with Gasteiger partial charge in [0.25, 0.3) is 0 Å². The Hall–Kier alpha value is -4.32. The SMILES string of the molecule is C#Cc1cc(C#Cc2ccc(-c3ccccn3)nc2)cc(C#CC2C=CC=C2)c1. The van der Waals surface area contributed by atoms with Gasteiger partial charge in [-0.1, -0.05) is 60.0 Å². The highest BCUT2D eigenvalue weighted by molar-refractivity contribution is 5.56. The molecule has 3 aromatic rings. The number of nitrogens with zero attached hydrogens (tertiary/aromatic N) is 2. The van der Waals surface area contributed by atoms with Crippen LogP contribution < -0.4 is 0 Å². The van der Waals surface area contributed by atoms with Gasteiger partial charge in [-0.25, -0.2) is 0 Å². The molecule has 0 atom stereocenters. The number of allylic oxidation sites excluding steroid dienone is 4. The Bertz CT molecular complexity index is 1240. The van der Waals surface area contributed by atoms with Crippen molar-refractivity contribution in [3.63, 3.8) is 0 Å². The molecule has 1 aliphatic carbocycles. The number of hydrogen-bond donors (Lipinski definition) is 0. The lowest BCUT2D eigenvalue weighted by atomic mass is 10.0. The molecule has 29 heavy (non-hydrogen) atoms. The van der Waals surface area contributed by atoms with Crippen molar-refractivity contribution in [1.82, 2.24) is 9.97 Å². The maximum Gasteiger partial charge on any atom is 0.0887 e. The van der Waals surface area contributed by atoms with E-state index in [9.17, 15) is 0 Å². The summed E-state index contributed by atoms with van der Waals surface area (Å²) in [4.78, 5) is 8.76. The lowest BCUT2D eigenvalue weighted by molar-refractivity contribution is 1.15. The van der Waals surface area contributed by atoms with E-state index < -0.39 is 0 Å². The third kappa shape index (κ3) is 4.70. The topological polar surface area (TPSA) is 25.8 Å². The van der Waals surface area contributed by atoms with Gasteiger partial charge in [0.15, 0.2) is 0 Å². The highest BCUT2D eigenvalue weighted by Crippen LogP contribution is 2.14. The summed E-state index contributed by atoms with van der Waals surface area (Å²) in [7, 11) is 0. The third-order valence-corrected chi connectivity index (χ3v) is 4.27. The lowest BCUT2D eigenvalue weighted by Gasteiger charge is -1.99. The molecule has 2 heteroatoms. The molecule has 4 rings (SSSR count). The first kappa shape index (κ1) is 18.1. The fourth-order valence-corrected chi connectivity index (χ4v) is 2.83. The van der Waals surface area contributed by atoms with E-state index in [4.69, 9.17) is 6.42 Å². The minimum Gasteiger partial charge on any atom is -0.255 e.